The molecule has 1 aromatic heterocycles. The Balaban J connectivity index is 2.33. The number of hydrogen-bond donors (Lipinski definition) is 1. The molecule has 4 heteroatoms. The molecule has 1 rings (SSSR count). The van der Waals surface area contributed by atoms with E-state index >= 15 is 0 Å². The van der Waals surface area contributed by atoms with E-state index < -0.39 is 11.4 Å². The van der Waals surface area contributed by atoms with Gasteiger partial charge in [-0.2, -0.15) is 0 Å². The maximum absolute atomic E-state index is 12.8. The molecule has 178 valence electrons. The van der Waals surface area contributed by atoms with E-state index in [2.05, 4.69) is 37.9 Å². The standard InChI is InChI=1S/C28H43NO3/c1-21(10-8-12-23(3)20-25-14-17-29-18-15-25)9-7-11-22(2)19-24(4)27(32)28(5,6)16-13-26(30)31/h10,14-15,17-18,20,22,24H,7-9,11-13,16,19H2,1-6H3,(H,30,31). The summed E-state index contributed by atoms with van der Waals surface area (Å²) in [6, 6.07) is 4.05. The lowest BCUT2D eigenvalue weighted by molar-refractivity contribution is -0.138. The number of carbonyl (C=O) groups is 2. The summed E-state index contributed by atoms with van der Waals surface area (Å²) in [6.45, 7) is 12.4. The van der Waals surface area contributed by atoms with Crippen LogP contribution >= 0.6 is 0 Å². The lowest BCUT2D eigenvalue weighted by atomic mass is 9.75. The molecule has 4 nitrogen and oxygen atoms in total. The van der Waals surface area contributed by atoms with Gasteiger partial charge in [-0.05, 0) is 76.0 Å². The second-order valence-corrected chi connectivity index (χ2v) is 10.1. The smallest absolute Gasteiger partial charge is 0.303 e. The molecular weight excluding hydrogens is 398 g/mol. The first-order chi connectivity index (χ1) is 15.0. The summed E-state index contributed by atoms with van der Waals surface area (Å²) in [4.78, 5) is 27.7. The number of aliphatic carboxylic acids is 1. The highest BCUT2D eigenvalue weighted by Gasteiger charge is 2.32. The van der Waals surface area contributed by atoms with Gasteiger partial charge in [-0.25, -0.2) is 0 Å². The molecule has 0 amide bonds. The van der Waals surface area contributed by atoms with Crippen LogP contribution in [0.4, 0.5) is 0 Å². The highest BCUT2D eigenvalue weighted by atomic mass is 16.4. The maximum Gasteiger partial charge on any atom is 0.303 e. The lowest BCUT2D eigenvalue weighted by Gasteiger charge is -2.27. The number of pyridine rings is 1. The van der Waals surface area contributed by atoms with Crippen LogP contribution in [0.1, 0.15) is 98.5 Å². The van der Waals surface area contributed by atoms with E-state index in [1.54, 1.807) is 0 Å². The van der Waals surface area contributed by atoms with E-state index in [0.717, 1.165) is 38.5 Å². The van der Waals surface area contributed by atoms with E-state index in [1.165, 1.54) is 16.7 Å². The van der Waals surface area contributed by atoms with Crippen LogP contribution in [-0.2, 0) is 9.59 Å². The van der Waals surface area contributed by atoms with Crippen molar-refractivity contribution in [2.45, 2.75) is 92.9 Å². The summed E-state index contributed by atoms with van der Waals surface area (Å²) in [7, 11) is 0. The van der Waals surface area contributed by atoms with Crippen LogP contribution in [0, 0.1) is 17.3 Å². The maximum atomic E-state index is 12.8. The summed E-state index contributed by atoms with van der Waals surface area (Å²) < 4.78 is 0. The third-order valence-electron chi connectivity index (χ3n) is 6.25. The number of Topliss-reactive ketones (excluding diaryl/α,β-unsaturated/α-hetero) is 1. The van der Waals surface area contributed by atoms with Gasteiger partial charge in [-0.3, -0.25) is 14.6 Å². The molecule has 2 atom stereocenters. The number of hydrogen-bond acceptors (Lipinski definition) is 3. The van der Waals surface area contributed by atoms with Gasteiger partial charge in [0.15, 0.2) is 0 Å². The van der Waals surface area contributed by atoms with Gasteiger partial charge >= 0.3 is 5.97 Å². The number of ketones is 1. The van der Waals surface area contributed by atoms with Crippen molar-refractivity contribution in [2.24, 2.45) is 17.3 Å². The van der Waals surface area contributed by atoms with Gasteiger partial charge in [-0.1, -0.05) is 57.4 Å². The highest BCUT2D eigenvalue weighted by Crippen LogP contribution is 2.30. The van der Waals surface area contributed by atoms with Crippen LogP contribution in [0.25, 0.3) is 6.08 Å². The Morgan fingerprint density at radius 3 is 2.34 bits per heavy atom. The average Bonchev–Trinajstić information content (AvgIpc) is 2.72. The van der Waals surface area contributed by atoms with Crippen LogP contribution in [0.15, 0.2) is 41.7 Å². The van der Waals surface area contributed by atoms with E-state index in [1.807, 2.05) is 45.3 Å². The van der Waals surface area contributed by atoms with Crippen molar-refractivity contribution in [3.05, 3.63) is 47.3 Å². The molecule has 32 heavy (non-hydrogen) atoms. The summed E-state index contributed by atoms with van der Waals surface area (Å²) >= 11 is 0. The summed E-state index contributed by atoms with van der Waals surface area (Å²) in [5.74, 6) is -0.185. The SMILES string of the molecule is CC(=Cc1ccncc1)CCC=C(C)CCCC(C)CC(C)C(=O)C(C)(C)CCC(=O)O. The minimum Gasteiger partial charge on any atom is -0.481 e. The summed E-state index contributed by atoms with van der Waals surface area (Å²) in [5, 5.41) is 8.90. The molecule has 0 fully saturated rings. The van der Waals surface area contributed by atoms with Crippen LogP contribution in [-0.4, -0.2) is 21.8 Å². The number of aromatic nitrogens is 1. The molecule has 0 saturated heterocycles. The second-order valence-electron chi connectivity index (χ2n) is 10.1. The fourth-order valence-corrected chi connectivity index (χ4v) is 4.23. The van der Waals surface area contributed by atoms with E-state index in [4.69, 9.17) is 5.11 Å². The normalized spacial score (nSPS) is 14.8. The molecule has 0 saturated carbocycles. The van der Waals surface area contributed by atoms with Crippen LogP contribution in [0.3, 0.4) is 0 Å². The Kier molecular flexibility index (Phi) is 12.2. The molecule has 1 aromatic rings. The Morgan fingerprint density at radius 2 is 1.72 bits per heavy atom. The predicted molar refractivity (Wildman–Crippen MR) is 133 cm³/mol. The largest absolute Gasteiger partial charge is 0.481 e. The van der Waals surface area contributed by atoms with Gasteiger partial charge in [0.25, 0.3) is 0 Å². The Hall–Kier alpha value is -2.23. The van der Waals surface area contributed by atoms with E-state index in [0.29, 0.717) is 12.3 Å². The first-order valence-corrected chi connectivity index (χ1v) is 12.0. The number of nitrogens with zero attached hydrogens (tertiary/aromatic N) is 1. The molecule has 0 spiro atoms. The number of rotatable bonds is 15. The monoisotopic (exact) mass is 441 g/mol. The fraction of sp³-hybridized carbons (Fsp3) is 0.607. The second kappa shape index (κ2) is 14.0. The van der Waals surface area contributed by atoms with Crippen LogP contribution < -0.4 is 0 Å². The number of carboxylic acids is 1. The van der Waals surface area contributed by atoms with Gasteiger partial charge in [0.05, 0.1) is 0 Å². The molecular formula is C28H43NO3. The van der Waals surface area contributed by atoms with Gasteiger partial charge in [0, 0.05) is 30.1 Å². The zero-order chi connectivity index (χ0) is 24.1. The van der Waals surface area contributed by atoms with Gasteiger partial charge in [-0.15, -0.1) is 0 Å². The molecule has 0 aliphatic heterocycles. The summed E-state index contributed by atoms with van der Waals surface area (Å²) in [6.07, 6.45) is 15.0. The highest BCUT2D eigenvalue weighted by molar-refractivity contribution is 5.86. The number of carbonyl (C=O) groups excluding carboxylic acids is 1. The lowest BCUT2D eigenvalue weighted by Crippen LogP contribution is -2.31. The number of carboxylic acid groups (broad SMARTS) is 1. The predicted octanol–water partition coefficient (Wildman–Crippen LogP) is 7.50. The van der Waals surface area contributed by atoms with Crippen molar-refractivity contribution in [1.82, 2.24) is 4.98 Å². The number of allylic oxidation sites excluding steroid dienone is 3. The van der Waals surface area contributed by atoms with Crippen molar-refractivity contribution in [2.75, 3.05) is 0 Å². The minimum atomic E-state index is -0.838. The van der Waals surface area contributed by atoms with Gasteiger partial charge in [0.2, 0.25) is 0 Å². The molecule has 2 unspecified atom stereocenters. The molecule has 1 heterocycles. The van der Waals surface area contributed by atoms with Crippen molar-refractivity contribution in [1.29, 1.82) is 0 Å². The van der Waals surface area contributed by atoms with E-state index in [9.17, 15) is 9.59 Å². The van der Waals surface area contributed by atoms with Crippen LogP contribution in [0.5, 0.6) is 0 Å². The molecule has 0 aliphatic carbocycles. The third kappa shape index (κ3) is 11.4. The third-order valence-corrected chi connectivity index (χ3v) is 6.25. The molecule has 0 aliphatic rings. The molecule has 1 N–H and O–H groups in total. The fourth-order valence-electron chi connectivity index (χ4n) is 4.23. The quantitative estimate of drug-likeness (QED) is 0.286. The Bertz CT molecular complexity index is 777. The Morgan fingerprint density at radius 1 is 1.06 bits per heavy atom. The minimum absolute atomic E-state index is 0.0272. The first-order valence-electron chi connectivity index (χ1n) is 12.0. The Labute approximate surface area is 195 Å². The van der Waals surface area contributed by atoms with Crippen molar-refractivity contribution in [3.8, 4) is 0 Å². The van der Waals surface area contributed by atoms with Crippen molar-refractivity contribution in [3.63, 3.8) is 0 Å². The van der Waals surface area contributed by atoms with Gasteiger partial charge < -0.3 is 5.11 Å². The summed E-state index contributed by atoms with van der Waals surface area (Å²) in [5.41, 5.74) is 3.44. The average molecular weight is 442 g/mol. The van der Waals surface area contributed by atoms with Gasteiger partial charge in [0.1, 0.15) is 5.78 Å². The molecule has 0 aromatic carbocycles. The zero-order valence-electron chi connectivity index (χ0n) is 21.0. The molecule has 0 radical (unpaired) electrons. The zero-order valence-corrected chi connectivity index (χ0v) is 21.0. The first kappa shape index (κ1) is 27.8. The van der Waals surface area contributed by atoms with Crippen LogP contribution in [0.2, 0.25) is 0 Å². The van der Waals surface area contributed by atoms with Crippen molar-refractivity contribution < 1.29 is 14.7 Å². The topological polar surface area (TPSA) is 67.3 Å². The van der Waals surface area contributed by atoms with E-state index in [-0.39, 0.29) is 18.1 Å². The molecule has 0 bridgehead atoms. The van der Waals surface area contributed by atoms with Crippen molar-refractivity contribution >= 4 is 17.8 Å².